The number of nitro groups is 1. The zero-order chi connectivity index (χ0) is 12.6. The van der Waals surface area contributed by atoms with Gasteiger partial charge in [0.25, 0.3) is 0 Å². The molecule has 0 heterocycles. The first-order valence-corrected chi connectivity index (χ1v) is 5.74. The summed E-state index contributed by atoms with van der Waals surface area (Å²) in [6.45, 7) is 3.05. The van der Waals surface area contributed by atoms with Gasteiger partial charge < -0.3 is 10.6 Å². The molecule has 0 bridgehead atoms. The standard InChI is InChI=1S/C12H17N3O2/c1-8-6-9(8)7-14(2)11-5-3-4-10(13)12(11)15(16)17/h3-5,8-9H,6-7,13H2,1-2H3. The zero-order valence-corrected chi connectivity index (χ0v) is 10.1. The van der Waals surface area contributed by atoms with Crippen molar-refractivity contribution in [1.29, 1.82) is 0 Å². The van der Waals surface area contributed by atoms with E-state index in [1.54, 1.807) is 18.2 Å². The number of benzene rings is 1. The highest BCUT2D eigenvalue weighted by Gasteiger charge is 2.34. The molecule has 0 aliphatic heterocycles. The summed E-state index contributed by atoms with van der Waals surface area (Å²) in [4.78, 5) is 12.5. The number of para-hydroxylation sites is 1. The molecule has 0 amide bonds. The van der Waals surface area contributed by atoms with Gasteiger partial charge in [-0.2, -0.15) is 0 Å². The molecular weight excluding hydrogens is 218 g/mol. The summed E-state index contributed by atoms with van der Waals surface area (Å²) in [5, 5.41) is 11.0. The highest BCUT2D eigenvalue weighted by atomic mass is 16.6. The van der Waals surface area contributed by atoms with Gasteiger partial charge in [-0.1, -0.05) is 13.0 Å². The van der Waals surface area contributed by atoms with Gasteiger partial charge in [-0.3, -0.25) is 10.1 Å². The normalized spacial score (nSPS) is 22.2. The highest BCUT2D eigenvalue weighted by molar-refractivity contribution is 5.75. The van der Waals surface area contributed by atoms with Gasteiger partial charge in [0.2, 0.25) is 0 Å². The van der Waals surface area contributed by atoms with E-state index in [2.05, 4.69) is 6.92 Å². The Morgan fingerprint density at radius 3 is 2.76 bits per heavy atom. The number of hydrogen-bond acceptors (Lipinski definition) is 4. The molecular formula is C12H17N3O2. The number of anilines is 2. The number of rotatable bonds is 4. The van der Waals surface area contributed by atoms with Crippen molar-refractivity contribution in [2.24, 2.45) is 11.8 Å². The molecule has 1 aromatic carbocycles. The molecule has 1 aromatic rings. The molecule has 1 saturated carbocycles. The van der Waals surface area contributed by atoms with Crippen LogP contribution in [0.1, 0.15) is 13.3 Å². The molecule has 2 N–H and O–H groups in total. The number of nitrogen functional groups attached to an aromatic ring is 1. The molecule has 2 rings (SSSR count). The summed E-state index contributed by atoms with van der Waals surface area (Å²) in [5.41, 5.74) is 6.51. The van der Waals surface area contributed by atoms with Crippen molar-refractivity contribution < 1.29 is 4.92 Å². The fourth-order valence-corrected chi connectivity index (χ4v) is 2.16. The van der Waals surface area contributed by atoms with Crippen LogP contribution in [0.2, 0.25) is 0 Å². The van der Waals surface area contributed by atoms with Crippen LogP contribution in [0.4, 0.5) is 17.1 Å². The first-order valence-electron chi connectivity index (χ1n) is 5.74. The minimum absolute atomic E-state index is 0.0169. The fraction of sp³-hybridized carbons (Fsp3) is 0.500. The number of nitro benzene ring substituents is 1. The number of nitrogens with two attached hydrogens (primary N) is 1. The predicted molar refractivity (Wildman–Crippen MR) is 68.0 cm³/mol. The van der Waals surface area contributed by atoms with Crippen molar-refractivity contribution in [1.82, 2.24) is 0 Å². The van der Waals surface area contributed by atoms with Crippen LogP contribution >= 0.6 is 0 Å². The average Bonchev–Trinajstić information content (AvgIpc) is 2.93. The largest absolute Gasteiger partial charge is 0.393 e. The molecule has 0 radical (unpaired) electrons. The maximum atomic E-state index is 11.0. The van der Waals surface area contributed by atoms with E-state index in [9.17, 15) is 10.1 Å². The molecule has 1 aliphatic carbocycles. The van der Waals surface area contributed by atoms with E-state index in [0.29, 0.717) is 11.6 Å². The molecule has 1 fully saturated rings. The summed E-state index contributed by atoms with van der Waals surface area (Å²) >= 11 is 0. The van der Waals surface area contributed by atoms with Gasteiger partial charge in [-0.25, -0.2) is 0 Å². The molecule has 2 unspecified atom stereocenters. The Balaban J connectivity index is 2.24. The minimum Gasteiger partial charge on any atom is -0.393 e. The maximum absolute atomic E-state index is 11.0. The van der Waals surface area contributed by atoms with Crippen LogP contribution in [0.15, 0.2) is 18.2 Å². The lowest BCUT2D eigenvalue weighted by Crippen LogP contribution is -2.21. The topological polar surface area (TPSA) is 72.4 Å². The third-order valence-electron chi connectivity index (χ3n) is 3.42. The summed E-state index contributed by atoms with van der Waals surface area (Å²) in [6, 6.07) is 5.07. The summed E-state index contributed by atoms with van der Waals surface area (Å²) in [7, 11) is 1.88. The second-order valence-corrected chi connectivity index (χ2v) is 4.83. The predicted octanol–water partition coefficient (Wildman–Crippen LogP) is 2.27. The number of nitrogens with zero attached hydrogens (tertiary/aromatic N) is 2. The van der Waals surface area contributed by atoms with E-state index in [1.807, 2.05) is 11.9 Å². The van der Waals surface area contributed by atoms with E-state index in [-0.39, 0.29) is 11.4 Å². The van der Waals surface area contributed by atoms with E-state index in [1.165, 1.54) is 6.42 Å². The number of hydrogen-bond donors (Lipinski definition) is 1. The maximum Gasteiger partial charge on any atom is 0.315 e. The van der Waals surface area contributed by atoms with Crippen molar-refractivity contribution in [3.63, 3.8) is 0 Å². The van der Waals surface area contributed by atoms with Gasteiger partial charge in [0.1, 0.15) is 11.4 Å². The van der Waals surface area contributed by atoms with Gasteiger partial charge in [0.05, 0.1) is 4.92 Å². The van der Waals surface area contributed by atoms with Crippen LogP contribution in [0.25, 0.3) is 0 Å². The van der Waals surface area contributed by atoms with Crippen molar-refractivity contribution in [2.45, 2.75) is 13.3 Å². The van der Waals surface area contributed by atoms with Gasteiger partial charge in [0.15, 0.2) is 0 Å². The Labute approximate surface area is 100 Å². The molecule has 2 atom stereocenters. The lowest BCUT2D eigenvalue weighted by molar-refractivity contribution is -0.383. The van der Waals surface area contributed by atoms with Crippen LogP contribution in [0.3, 0.4) is 0 Å². The highest BCUT2D eigenvalue weighted by Crippen LogP contribution is 2.40. The van der Waals surface area contributed by atoms with Crippen LogP contribution in [-0.4, -0.2) is 18.5 Å². The third-order valence-corrected chi connectivity index (χ3v) is 3.42. The molecule has 5 heteroatoms. The lowest BCUT2D eigenvalue weighted by Gasteiger charge is -2.19. The first kappa shape index (κ1) is 11.7. The SMILES string of the molecule is CC1CC1CN(C)c1cccc(N)c1[N+](=O)[O-]. The van der Waals surface area contributed by atoms with Crippen molar-refractivity contribution in [3.8, 4) is 0 Å². The molecule has 1 aliphatic rings. The third kappa shape index (κ3) is 2.33. The first-order chi connectivity index (χ1) is 8.00. The Hall–Kier alpha value is -1.78. The summed E-state index contributed by atoms with van der Waals surface area (Å²) in [6.07, 6.45) is 1.21. The molecule has 0 spiro atoms. The van der Waals surface area contributed by atoms with Crippen LogP contribution < -0.4 is 10.6 Å². The van der Waals surface area contributed by atoms with E-state index in [0.717, 1.165) is 12.5 Å². The quantitative estimate of drug-likeness (QED) is 0.493. The molecule has 0 saturated heterocycles. The Morgan fingerprint density at radius 2 is 2.24 bits per heavy atom. The van der Waals surface area contributed by atoms with E-state index in [4.69, 9.17) is 5.73 Å². The van der Waals surface area contributed by atoms with Crippen LogP contribution in [0.5, 0.6) is 0 Å². The molecule has 17 heavy (non-hydrogen) atoms. The van der Waals surface area contributed by atoms with Crippen molar-refractivity contribution in [2.75, 3.05) is 24.2 Å². The minimum atomic E-state index is -0.405. The van der Waals surface area contributed by atoms with E-state index >= 15 is 0 Å². The second kappa shape index (κ2) is 4.24. The van der Waals surface area contributed by atoms with Crippen molar-refractivity contribution >= 4 is 17.1 Å². The Morgan fingerprint density at radius 1 is 1.59 bits per heavy atom. The van der Waals surface area contributed by atoms with Crippen LogP contribution in [-0.2, 0) is 0 Å². The summed E-state index contributed by atoms with van der Waals surface area (Å²) < 4.78 is 0. The van der Waals surface area contributed by atoms with Gasteiger partial charge in [0, 0.05) is 13.6 Å². The fourth-order valence-electron chi connectivity index (χ4n) is 2.16. The molecule has 92 valence electrons. The Kier molecular flexibility index (Phi) is 2.92. The smallest absolute Gasteiger partial charge is 0.315 e. The summed E-state index contributed by atoms with van der Waals surface area (Å²) in [5.74, 6) is 1.39. The average molecular weight is 235 g/mol. The van der Waals surface area contributed by atoms with Crippen molar-refractivity contribution in [3.05, 3.63) is 28.3 Å². The zero-order valence-electron chi connectivity index (χ0n) is 10.1. The van der Waals surface area contributed by atoms with E-state index < -0.39 is 4.92 Å². The van der Waals surface area contributed by atoms with Gasteiger partial charge in [-0.15, -0.1) is 0 Å². The molecule has 0 aromatic heterocycles. The van der Waals surface area contributed by atoms with Gasteiger partial charge >= 0.3 is 5.69 Å². The Bertz CT molecular complexity index is 447. The van der Waals surface area contributed by atoms with Crippen LogP contribution in [0, 0.1) is 22.0 Å². The van der Waals surface area contributed by atoms with Gasteiger partial charge in [-0.05, 0) is 30.4 Å². The molecule has 5 nitrogen and oxygen atoms in total. The second-order valence-electron chi connectivity index (χ2n) is 4.83. The monoisotopic (exact) mass is 235 g/mol. The lowest BCUT2D eigenvalue weighted by atomic mass is 10.2.